The van der Waals surface area contributed by atoms with Crippen LogP contribution in [0.5, 0.6) is 0 Å². The van der Waals surface area contributed by atoms with Crippen molar-refractivity contribution in [2.75, 3.05) is 0 Å². The molecule has 0 fully saturated rings. The van der Waals surface area contributed by atoms with Crippen molar-refractivity contribution in [1.29, 1.82) is 5.26 Å². The maximum absolute atomic E-state index is 11.7. The van der Waals surface area contributed by atoms with Gasteiger partial charge in [-0.2, -0.15) is 5.26 Å². The first-order valence-electron chi connectivity index (χ1n) is 5.80. The van der Waals surface area contributed by atoms with E-state index < -0.39 is 11.7 Å². The highest BCUT2D eigenvalue weighted by atomic mass is 16.3. The van der Waals surface area contributed by atoms with E-state index in [1.165, 1.54) is 25.2 Å². The highest BCUT2D eigenvalue weighted by Gasteiger charge is 2.27. The van der Waals surface area contributed by atoms with Crippen molar-refractivity contribution in [1.82, 2.24) is 0 Å². The first-order valence-corrected chi connectivity index (χ1v) is 5.80. The molecule has 1 aliphatic rings. The molecule has 2 atom stereocenters. The van der Waals surface area contributed by atoms with Gasteiger partial charge in [-0.15, -0.1) is 0 Å². The average Bonchev–Trinajstić information content (AvgIpc) is 2.41. The van der Waals surface area contributed by atoms with E-state index in [4.69, 9.17) is 5.26 Å². The van der Waals surface area contributed by atoms with Crippen molar-refractivity contribution in [2.24, 2.45) is 0 Å². The van der Waals surface area contributed by atoms with Crippen LogP contribution >= 0.6 is 0 Å². The number of aliphatic hydroxyl groups is 2. The number of carbonyl (C=O) groups excluding carboxylic acids is 1. The van der Waals surface area contributed by atoms with Gasteiger partial charge in [-0.05, 0) is 42.8 Å². The Balaban J connectivity index is 2.33. The van der Waals surface area contributed by atoms with Gasteiger partial charge in [0.2, 0.25) is 0 Å². The highest BCUT2D eigenvalue weighted by Crippen LogP contribution is 2.28. The normalized spacial score (nSPS) is 23.7. The summed E-state index contributed by atoms with van der Waals surface area (Å²) in [5, 5.41) is 28.8. The topological polar surface area (TPSA) is 81.3 Å². The molecular formula is C15H13NO3. The molecule has 4 nitrogen and oxygen atoms in total. The Morgan fingerprint density at radius 1 is 1.32 bits per heavy atom. The predicted octanol–water partition coefficient (Wildman–Crippen LogP) is 1.41. The number of nitrogens with zero attached hydrogens (tertiary/aromatic N) is 1. The molecule has 0 heterocycles. The molecule has 0 aromatic heterocycles. The van der Waals surface area contributed by atoms with Gasteiger partial charge in [-0.1, -0.05) is 12.1 Å². The van der Waals surface area contributed by atoms with Gasteiger partial charge >= 0.3 is 0 Å². The Morgan fingerprint density at radius 3 is 2.53 bits per heavy atom. The molecule has 0 unspecified atom stereocenters. The van der Waals surface area contributed by atoms with Gasteiger partial charge < -0.3 is 10.2 Å². The summed E-state index contributed by atoms with van der Waals surface area (Å²) < 4.78 is 0. The number of benzene rings is 1. The third-order valence-corrected chi connectivity index (χ3v) is 2.95. The molecule has 96 valence electrons. The van der Waals surface area contributed by atoms with Crippen LogP contribution in [0.3, 0.4) is 0 Å². The third-order valence-electron chi connectivity index (χ3n) is 2.95. The number of nitriles is 1. The molecule has 1 aromatic rings. The lowest BCUT2D eigenvalue weighted by atomic mass is 9.88. The van der Waals surface area contributed by atoms with E-state index in [0.717, 1.165) is 0 Å². The minimum atomic E-state index is -1.24. The van der Waals surface area contributed by atoms with Crippen molar-refractivity contribution in [2.45, 2.75) is 18.6 Å². The lowest BCUT2D eigenvalue weighted by Crippen LogP contribution is -2.25. The van der Waals surface area contributed by atoms with Crippen LogP contribution in [0, 0.1) is 11.3 Å². The molecule has 0 aliphatic heterocycles. The summed E-state index contributed by atoms with van der Waals surface area (Å²) in [4.78, 5) is 11.7. The molecule has 0 radical (unpaired) electrons. The fraction of sp³-hybridized carbons (Fsp3) is 0.200. The molecule has 0 amide bonds. The monoisotopic (exact) mass is 255 g/mol. The van der Waals surface area contributed by atoms with Crippen LogP contribution in [0.15, 0.2) is 48.1 Å². The lowest BCUT2D eigenvalue weighted by Gasteiger charge is -2.23. The maximum Gasteiger partial charge on any atom is 0.184 e. The quantitative estimate of drug-likeness (QED) is 0.837. The molecular weight excluding hydrogens is 242 g/mol. The summed E-state index contributed by atoms with van der Waals surface area (Å²) in [7, 11) is 0. The average molecular weight is 255 g/mol. The first kappa shape index (κ1) is 13.2. The zero-order chi connectivity index (χ0) is 14.0. The summed E-state index contributed by atoms with van der Waals surface area (Å²) in [6, 6.07) is 8.30. The zero-order valence-electron chi connectivity index (χ0n) is 10.4. The highest BCUT2D eigenvalue weighted by molar-refractivity contribution is 6.06. The molecule has 0 bridgehead atoms. The van der Waals surface area contributed by atoms with Gasteiger partial charge in [0, 0.05) is 5.57 Å². The fourth-order valence-electron chi connectivity index (χ4n) is 1.91. The molecule has 1 aromatic carbocycles. The van der Waals surface area contributed by atoms with Gasteiger partial charge in [0.25, 0.3) is 0 Å². The van der Waals surface area contributed by atoms with Crippen LogP contribution in [-0.2, 0) is 4.79 Å². The van der Waals surface area contributed by atoms with Gasteiger partial charge in [-0.25, -0.2) is 0 Å². The first-order chi connectivity index (χ1) is 8.93. The van der Waals surface area contributed by atoms with Crippen LogP contribution in [-0.4, -0.2) is 21.6 Å². The van der Waals surface area contributed by atoms with Gasteiger partial charge in [0.15, 0.2) is 5.78 Å². The van der Waals surface area contributed by atoms with E-state index in [1.54, 1.807) is 24.3 Å². The van der Waals surface area contributed by atoms with Crippen LogP contribution < -0.4 is 0 Å². The molecule has 4 heteroatoms. The van der Waals surface area contributed by atoms with Crippen LogP contribution in [0.4, 0.5) is 0 Å². The number of hydrogen-bond acceptors (Lipinski definition) is 4. The summed E-state index contributed by atoms with van der Waals surface area (Å²) in [5.41, 5.74) is -0.120. The smallest absolute Gasteiger partial charge is 0.184 e. The molecule has 2 rings (SSSR count). The second-order valence-corrected chi connectivity index (χ2v) is 4.66. The Kier molecular flexibility index (Phi) is 3.34. The molecule has 0 saturated carbocycles. The lowest BCUT2D eigenvalue weighted by molar-refractivity contribution is -0.112. The van der Waals surface area contributed by atoms with Gasteiger partial charge in [0.1, 0.15) is 6.10 Å². The molecule has 0 saturated heterocycles. The van der Waals surface area contributed by atoms with Crippen LogP contribution in [0.25, 0.3) is 0 Å². The maximum atomic E-state index is 11.7. The SMILES string of the molecule is C[C@]1(O)C=CC(=O)C([C@H](O)c2ccc(C#N)cc2)=C1. The number of ketones is 1. The zero-order valence-corrected chi connectivity index (χ0v) is 10.4. The third kappa shape index (κ3) is 2.79. The predicted molar refractivity (Wildman–Crippen MR) is 69.0 cm³/mol. The Bertz CT molecular complexity index is 603. The van der Waals surface area contributed by atoms with Crippen LogP contribution in [0.1, 0.15) is 24.2 Å². The standard InChI is InChI=1S/C15H13NO3/c1-15(19)7-6-13(17)12(8-15)14(18)11-4-2-10(9-16)3-5-11/h2-8,14,18-19H,1H3/t14-,15+/m1/s1. The van der Waals surface area contributed by atoms with Crippen molar-refractivity contribution in [3.8, 4) is 6.07 Å². The molecule has 2 N–H and O–H groups in total. The largest absolute Gasteiger partial charge is 0.384 e. The second-order valence-electron chi connectivity index (χ2n) is 4.66. The molecule has 1 aliphatic carbocycles. The fourth-order valence-corrected chi connectivity index (χ4v) is 1.91. The number of rotatable bonds is 2. The van der Waals surface area contributed by atoms with E-state index in [2.05, 4.69) is 0 Å². The Hall–Kier alpha value is -2.22. The summed E-state index contributed by atoms with van der Waals surface area (Å²) >= 11 is 0. The van der Waals surface area contributed by atoms with Crippen molar-refractivity contribution < 1.29 is 15.0 Å². The van der Waals surface area contributed by atoms with E-state index in [9.17, 15) is 15.0 Å². The van der Waals surface area contributed by atoms with Crippen molar-refractivity contribution >= 4 is 5.78 Å². The number of aliphatic hydroxyl groups excluding tert-OH is 1. The second kappa shape index (κ2) is 4.81. The van der Waals surface area contributed by atoms with Crippen molar-refractivity contribution in [3.63, 3.8) is 0 Å². The number of hydrogen-bond donors (Lipinski definition) is 2. The minimum absolute atomic E-state index is 0.136. The van der Waals surface area contributed by atoms with Crippen molar-refractivity contribution in [3.05, 3.63) is 59.2 Å². The van der Waals surface area contributed by atoms with E-state index >= 15 is 0 Å². The minimum Gasteiger partial charge on any atom is -0.384 e. The number of carbonyl (C=O) groups is 1. The van der Waals surface area contributed by atoms with E-state index in [0.29, 0.717) is 11.1 Å². The van der Waals surface area contributed by atoms with Gasteiger partial charge in [-0.3, -0.25) is 4.79 Å². The summed E-state index contributed by atoms with van der Waals surface area (Å²) in [5.74, 6) is -0.330. The summed E-state index contributed by atoms with van der Waals surface area (Å²) in [6.07, 6.45) is 2.86. The van der Waals surface area contributed by atoms with E-state index in [1.807, 2.05) is 6.07 Å². The molecule has 19 heavy (non-hydrogen) atoms. The van der Waals surface area contributed by atoms with Crippen LogP contribution in [0.2, 0.25) is 0 Å². The molecule has 0 spiro atoms. The number of allylic oxidation sites excluding steroid dienone is 1. The Morgan fingerprint density at radius 2 is 1.95 bits per heavy atom. The van der Waals surface area contributed by atoms with E-state index in [-0.39, 0.29) is 11.4 Å². The van der Waals surface area contributed by atoms with Gasteiger partial charge in [0.05, 0.1) is 17.2 Å². The Labute approximate surface area is 110 Å². The summed E-state index contributed by atoms with van der Waals surface area (Å²) in [6.45, 7) is 1.53.